The molecule has 2 atom stereocenters. The molecule has 2 aromatic rings. The number of nitrogens with one attached hydrogen (secondary N) is 2. The molecule has 0 spiro atoms. The molecule has 2 aliphatic rings. The van der Waals surface area contributed by atoms with E-state index < -0.39 is 11.9 Å². The van der Waals surface area contributed by atoms with E-state index in [1.54, 1.807) is 12.3 Å². The summed E-state index contributed by atoms with van der Waals surface area (Å²) >= 11 is 0. The van der Waals surface area contributed by atoms with E-state index in [0.717, 1.165) is 5.56 Å². The summed E-state index contributed by atoms with van der Waals surface area (Å²) in [5.74, 6) is 0.345. The third kappa shape index (κ3) is 3.39. The number of aryl methyl sites for hydroxylation is 1. The molecule has 9 heteroatoms. The number of ether oxygens (including phenoxy) is 1. The van der Waals surface area contributed by atoms with Gasteiger partial charge in [0.2, 0.25) is 5.88 Å². The van der Waals surface area contributed by atoms with E-state index in [-0.39, 0.29) is 17.9 Å². The van der Waals surface area contributed by atoms with Crippen molar-refractivity contribution in [1.82, 2.24) is 20.6 Å². The van der Waals surface area contributed by atoms with Crippen molar-refractivity contribution in [3.63, 3.8) is 0 Å². The van der Waals surface area contributed by atoms with Crippen LogP contribution in [0.15, 0.2) is 40.7 Å². The van der Waals surface area contributed by atoms with Crippen molar-refractivity contribution < 1.29 is 13.9 Å². The van der Waals surface area contributed by atoms with Crippen LogP contribution < -0.4 is 21.1 Å². The number of aromatic nitrogens is 2. The molecule has 1 amide bonds. The molecule has 0 saturated carbocycles. The van der Waals surface area contributed by atoms with Crippen molar-refractivity contribution in [2.24, 2.45) is 10.7 Å². The standard InChI is InChI=1S/C20H21FN6O2/c1-9-8-23-17(27-19(9)29-3)13-6-11(21)4-5-12(13)14-7-15-16(18(28)25-14)10(2)24-20(22)26-15/h4-6,8,10,14H,7H2,1-3H3,(H,25,28)(H3,22,24,26)/t10-,14?/m1/s1. The molecule has 1 unspecified atom stereocenters. The number of methoxy groups -OCH3 is 1. The Balaban J connectivity index is 1.78. The Labute approximate surface area is 167 Å². The molecular weight excluding hydrogens is 375 g/mol. The van der Waals surface area contributed by atoms with Gasteiger partial charge in [0.1, 0.15) is 5.82 Å². The van der Waals surface area contributed by atoms with Crippen molar-refractivity contribution >= 4 is 11.9 Å². The lowest BCUT2D eigenvalue weighted by Gasteiger charge is -2.33. The highest BCUT2D eigenvalue weighted by atomic mass is 19.1. The summed E-state index contributed by atoms with van der Waals surface area (Å²) in [4.78, 5) is 25.8. The molecule has 3 heterocycles. The van der Waals surface area contributed by atoms with Gasteiger partial charge in [0, 0.05) is 23.7 Å². The number of benzene rings is 1. The zero-order valence-electron chi connectivity index (χ0n) is 16.3. The molecule has 0 bridgehead atoms. The highest BCUT2D eigenvalue weighted by Crippen LogP contribution is 2.36. The molecule has 0 aliphatic carbocycles. The summed E-state index contributed by atoms with van der Waals surface area (Å²) in [5, 5.41) is 5.94. The zero-order valence-corrected chi connectivity index (χ0v) is 16.3. The van der Waals surface area contributed by atoms with Crippen molar-refractivity contribution in [3.8, 4) is 17.3 Å². The number of nitrogens with zero attached hydrogens (tertiary/aromatic N) is 3. The second-order valence-electron chi connectivity index (χ2n) is 7.07. The third-order valence-corrected chi connectivity index (χ3v) is 5.06. The number of hydrogen-bond donors (Lipinski definition) is 3. The molecule has 0 radical (unpaired) electrons. The average Bonchev–Trinajstić information content (AvgIpc) is 2.67. The van der Waals surface area contributed by atoms with Crippen LogP contribution in [0.2, 0.25) is 0 Å². The predicted octanol–water partition coefficient (Wildman–Crippen LogP) is 1.72. The van der Waals surface area contributed by atoms with E-state index in [9.17, 15) is 9.18 Å². The normalized spacial score (nSPS) is 21.1. The molecule has 2 aliphatic heterocycles. The van der Waals surface area contributed by atoms with Crippen LogP contribution in [0.25, 0.3) is 11.4 Å². The summed E-state index contributed by atoms with van der Waals surface area (Å²) in [7, 11) is 1.52. The number of nitrogens with two attached hydrogens (primary N) is 1. The van der Waals surface area contributed by atoms with Gasteiger partial charge >= 0.3 is 0 Å². The summed E-state index contributed by atoms with van der Waals surface area (Å²) in [6, 6.07) is 3.69. The molecule has 0 saturated heterocycles. The van der Waals surface area contributed by atoms with E-state index >= 15 is 0 Å². The van der Waals surface area contributed by atoms with Gasteiger partial charge in [-0.3, -0.25) is 4.79 Å². The molecular formula is C20H21FN6O2. The Bertz CT molecular complexity index is 1060. The largest absolute Gasteiger partial charge is 0.481 e. The number of guanidine groups is 1. The number of rotatable bonds is 3. The van der Waals surface area contributed by atoms with Crippen molar-refractivity contribution in [1.29, 1.82) is 0 Å². The average molecular weight is 396 g/mol. The number of halogens is 1. The van der Waals surface area contributed by atoms with Gasteiger partial charge in [-0.2, -0.15) is 4.98 Å². The second kappa shape index (κ2) is 7.16. The summed E-state index contributed by atoms with van der Waals surface area (Å²) in [5.41, 5.74) is 8.97. The Hall–Kier alpha value is -3.49. The van der Waals surface area contributed by atoms with E-state index in [4.69, 9.17) is 10.5 Å². The first kappa shape index (κ1) is 18.9. The van der Waals surface area contributed by atoms with Crippen LogP contribution in [0, 0.1) is 12.7 Å². The van der Waals surface area contributed by atoms with Gasteiger partial charge in [-0.15, -0.1) is 0 Å². The lowest BCUT2D eigenvalue weighted by molar-refractivity contribution is -0.119. The van der Waals surface area contributed by atoms with Gasteiger partial charge in [0.15, 0.2) is 11.8 Å². The Morgan fingerprint density at radius 3 is 2.86 bits per heavy atom. The van der Waals surface area contributed by atoms with Gasteiger partial charge in [0.05, 0.1) is 30.5 Å². The minimum Gasteiger partial charge on any atom is -0.481 e. The number of carbonyl (C=O) groups is 1. The fourth-order valence-electron chi connectivity index (χ4n) is 3.72. The first-order valence-electron chi connectivity index (χ1n) is 9.19. The quantitative estimate of drug-likeness (QED) is 0.728. The zero-order chi connectivity index (χ0) is 20.7. The molecule has 1 aromatic carbocycles. The summed E-state index contributed by atoms with van der Waals surface area (Å²) in [6.45, 7) is 3.68. The molecule has 150 valence electrons. The van der Waals surface area contributed by atoms with Crippen LogP contribution in [-0.2, 0) is 4.79 Å². The minimum absolute atomic E-state index is 0.231. The minimum atomic E-state index is -0.424. The second-order valence-corrected chi connectivity index (χ2v) is 7.07. The lowest BCUT2D eigenvalue weighted by Crippen LogP contribution is -2.49. The molecule has 4 N–H and O–H groups in total. The van der Waals surface area contributed by atoms with Crippen LogP contribution in [0.4, 0.5) is 4.39 Å². The van der Waals surface area contributed by atoms with Crippen LogP contribution in [0.1, 0.15) is 30.5 Å². The predicted molar refractivity (Wildman–Crippen MR) is 105 cm³/mol. The highest BCUT2D eigenvalue weighted by Gasteiger charge is 2.34. The lowest BCUT2D eigenvalue weighted by atomic mass is 9.89. The highest BCUT2D eigenvalue weighted by molar-refractivity contribution is 5.99. The molecule has 0 fully saturated rings. The Morgan fingerprint density at radius 2 is 2.10 bits per heavy atom. The molecule has 4 rings (SSSR count). The van der Waals surface area contributed by atoms with Crippen LogP contribution in [-0.4, -0.2) is 35.0 Å². The van der Waals surface area contributed by atoms with Gasteiger partial charge in [-0.25, -0.2) is 14.4 Å². The fourth-order valence-corrected chi connectivity index (χ4v) is 3.72. The maximum atomic E-state index is 14.1. The summed E-state index contributed by atoms with van der Waals surface area (Å²) in [6.07, 6.45) is 2.05. The Morgan fingerprint density at radius 1 is 1.31 bits per heavy atom. The van der Waals surface area contributed by atoms with Crippen molar-refractivity contribution in [2.45, 2.75) is 32.4 Å². The van der Waals surface area contributed by atoms with E-state index in [0.29, 0.717) is 40.5 Å². The molecule has 1 aromatic heterocycles. The van der Waals surface area contributed by atoms with Gasteiger partial charge in [-0.05, 0) is 31.5 Å². The molecule has 29 heavy (non-hydrogen) atoms. The third-order valence-electron chi connectivity index (χ3n) is 5.06. The van der Waals surface area contributed by atoms with Gasteiger partial charge in [-0.1, -0.05) is 6.07 Å². The first-order valence-corrected chi connectivity index (χ1v) is 9.19. The Kier molecular flexibility index (Phi) is 4.65. The fraction of sp³-hybridized carbons (Fsp3) is 0.300. The maximum absolute atomic E-state index is 14.1. The van der Waals surface area contributed by atoms with Crippen LogP contribution >= 0.6 is 0 Å². The number of hydrogen-bond acceptors (Lipinski definition) is 7. The smallest absolute Gasteiger partial charge is 0.251 e. The van der Waals surface area contributed by atoms with E-state index in [1.165, 1.54) is 19.2 Å². The SMILES string of the molecule is COc1nc(-c2cc(F)ccc2C2CC3=C(C(=O)N2)[C@@H](C)NC(N)=N3)ncc1C. The maximum Gasteiger partial charge on any atom is 0.251 e. The van der Waals surface area contributed by atoms with E-state index in [1.807, 2.05) is 13.8 Å². The van der Waals surface area contributed by atoms with E-state index in [2.05, 4.69) is 25.6 Å². The monoisotopic (exact) mass is 396 g/mol. The van der Waals surface area contributed by atoms with Crippen molar-refractivity contribution in [2.75, 3.05) is 7.11 Å². The first-order chi connectivity index (χ1) is 13.9. The number of amides is 1. The number of carbonyl (C=O) groups excluding carboxylic acids is 1. The van der Waals surface area contributed by atoms with Gasteiger partial charge < -0.3 is 21.1 Å². The van der Waals surface area contributed by atoms with Crippen molar-refractivity contribution in [3.05, 3.63) is 52.6 Å². The van der Waals surface area contributed by atoms with Crippen LogP contribution in [0.5, 0.6) is 5.88 Å². The van der Waals surface area contributed by atoms with Crippen LogP contribution in [0.3, 0.4) is 0 Å². The number of aliphatic imine (C=N–C) groups is 1. The summed E-state index contributed by atoms with van der Waals surface area (Å²) < 4.78 is 19.4. The topological polar surface area (TPSA) is 115 Å². The van der Waals surface area contributed by atoms with Gasteiger partial charge in [0.25, 0.3) is 5.91 Å². The molecule has 8 nitrogen and oxygen atoms in total.